The molecule has 2 aromatic carbocycles. The standard InChI is InChI=1S/C16H16O3/c1-2-19-15(17)16(10-18-11-16)14-8-7-12-5-3-4-6-13(12)9-14/h3-9H,2,10-11H2,1H3. The van der Waals surface area contributed by atoms with Gasteiger partial charge in [0.1, 0.15) is 5.41 Å². The van der Waals surface area contributed by atoms with E-state index in [-0.39, 0.29) is 5.97 Å². The van der Waals surface area contributed by atoms with Gasteiger partial charge in [0.15, 0.2) is 0 Å². The molecule has 1 fully saturated rings. The molecular weight excluding hydrogens is 240 g/mol. The molecule has 0 saturated carbocycles. The van der Waals surface area contributed by atoms with E-state index in [4.69, 9.17) is 9.47 Å². The lowest BCUT2D eigenvalue weighted by atomic mass is 9.78. The van der Waals surface area contributed by atoms with Crippen LogP contribution in [0.4, 0.5) is 0 Å². The highest BCUT2D eigenvalue weighted by Crippen LogP contribution is 2.35. The van der Waals surface area contributed by atoms with Gasteiger partial charge in [-0.05, 0) is 29.3 Å². The molecule has 3 rings (SSSR count). The predicted molar refractivity (Wildman–Crippen MR) is 73.1 cm³/mol. The molecule has 0 amide bonds. The number of hydrogen-bond donors (Lipinski definition) is 0. The van der Waals surface area contributed by atoms with E-state index in [0.717, 1.165) is 10.9 Å². The summed E-state index contributed by atoms with van der Waals surface area (Å²) in [6.07, 6.45) is 0. The average Bonchev–Trinajstić information content (AvgIpc) is 2.38. The van der Waals surface area contributed by atoms with Gasteiger partial charge in [0, 0.05) is 0 Å². The number of fused-ring (bicyclic) bond motifs is 1. The molecule has 1 aliphatic rings. The highest BCUT2D eigenvalue weighted by atomic mass is 16.6. The van der Waals surface area contributed by atoms with Crippen molar-refractivity contribution >= 4 is 16.7 Å². The fraction of sp³-hybridized carbons (Fsp3) is 0.312. The molecule has 0 unspecified atom stereocenters. The van der Waals surface area contributed by atoms with Crippen molar-refractivity contribution in [1.29, 1.82) is 0 Å². The molecule has 1 aliphatic heterocycles. The van der Waals surface area contributed by atoms with Gasteiger partial charge < -0.3 is 9.47 Å². The SMILES string of the molecule is CCOC(=O)C1(c2ccc3ccccc3c2)COC1. The van der Waals surface area contributed by atoms with E-state index < -0.39 is 5.41 Å². The van der Waals surface area contributed by atoms with Crippen LogP contribution in [0.3, 0.4) is 0 Å². The Morgan fingerprint density at radius 1 is 1.21 bits per heavy atom. The summed E-state index contributed by atoms with van der Waals surface area (Å²) in [6, 6.07) is 14.2. The van der Waals surface area contributed by atoms with Crippen molar-refractivity contribution in [2.75, 3.05) is 19.8 Å². The highest BCUT2D eigenvalue weighted by molar-refractivity contribution is 5.89. The van der Waals surface area contributed by atoms with Crippen LogP contribution >= 0.6 is 0 Å². The first-order valence-corrected chi connectivity index (χ1v) is 6.50. The second kappa shape index (κ2) is 4.67. The van der Waals surface area contributed by atoms with E-state index in [1.165, 1.54) is 5.39 Å². The number of carbonyl (C=O) groups excluding carboxylic acids is 1. The van der Waals surface area contributed by atoms with Crippen LogP contribution in [-0.2, 0) is 19.7 Å². The molecule has 0 N–H and O–H groups in total. The van der Waals surface area contributed by atoms with Crippen LogP contribution in [0.25, 0.3) is 10.8 Å². The van der Waals surface area contributed by atoms with Gasteiger partial charge in [-0.25, -0.2) is 0 Å². The van der Waals surface area contributed by atoms with Crippen molar-refractivity contribution in [3.05, 3.63) is 48.0 Å². The zero-order valence-electron chi connectivity index (χ0n) is 10.9. The van der Waals surface area contributed by atoms with Crippen LogP contribution in [0, 0.1) is 0 Å². The number of carbonyl (C=O) groups is 1. The van der Waals surface area contributed by atoms with Crippen LogP contribution in [0.15, 0.2) is 42.5 Å². The average molecular weight is 256 g/mol. The summed E-state index contributed by atoms with van der Waals surface area (Å²) >= 11 is 0. The lowest BCUT2D eigenvalue weighted by Crippen LogP contribution is -2.53. The number of hydrogen-bond acceptors (Lipinski definition) is 3. The smallest absolute Gasteiger partial charge is 0.321 e. The number of esters is 1. The quantitative estimate of drug-likeness (QED) is 0.792. The van der Waals surface area contributed by atoms with E-state index in [2.05, 4.69) is 18.2 Å². The van der Waals surface area contributed by atoms with Gasteiger partial charge in [-0.1, -0.05) is 36.4 Å². The molecule has 98 valence electrons. The second-order valence-corrected chi connectivity index (χ2v) is 4.86. The Labute approximate surface area is 112 Å². The van der Waals surface area contributed by atoms with E-state index >= 15 is 0 Å². The first-order valence-electron chi connectivity index (χ1n) is 6.50. The zero-order valence-corrected chi connectivity index (χ0v) is 10.9. The normalized spacial score (nSPS) is 16.9. The van der Waals surface area contributed by atoms with Crippen molar-refractivity contribution < 1.29 is 14.3 Å². The minimum atomic E-state index is -0.611. The van der Waals surface area contributed by atoms with Gasteiger partial charge in [-0.15, -0.1) is 0 Å². The third-order valence-electron chi connectivity index (χ3n) is 3.67. The predicted octanol–water partition coefficient (Wildman–Crippen LogP) is 2.67. The Bertz CT molecular complexity index is 614. The lowest BCUT2D eigenvalue weighted by molar-refractivity contribution is -0.169. The summed E-state index contributed by atoms with van der Waals surface area (Å²) in [6.45, 7) is 3.04. The van der Waals surface area contributed by atoms with Crippen LogP contribution in [0.2, 0.25) is 0 Å². The Kier molecular flexibility index (Phi) is 2.99. The molecule has 0 atom stereocenters. The van der Waals surface area contributed by atoms with E-state index in [0.29, 0.717) is 19.8 Å². The molecule has 2 aromatic rings. The Morgan fingerprint density at radius 3 is 2.58 bits per heavy atom. The molecule has 19 heavy (non-hydrogen) atoms. The van der Waals surface area contributed by atoms with Crippen LogP contribution in [0.5, 0.6) is 0 Å². The molecule has 0 spiro atoms. The molecule has 0 radical (unpaired) electrons. The van der Waals surface area contributed by atoms with E-state index in [1.807, 2.05) is 31.2 Å². The second-order valence-electron chi connectivity index (χ2n) is 4.86. The summed E-state index contributed by atoms with van der Waals surface area (Å²) in [7, 11) is 0. The highest BCUT2D eigenvalue weighted by Gasteiger charge is 2.48. The Balaban J connectivity index is 2.04. The fourth-order valence-corrected chi connectivity index (χ4v) is 2.46. The first kappa shape index (κ1) is 12.2. The van der Waals surface area contributed by atoms with Crippen LogP contribution in [0.1, 0.15) is 12.5 Å². The van der Waals surface area contributed by atoms with Gasteiger partial charge in [0.05, 0.1) is 19.8 Å². The van der Waals surface area contributed by atoms with Gasteiger partial charge in [-0.3, -0.25) is 4.79 Å². The summed E-state index contributed by atoms with van der Waals surface area (Å²) in [4.78, 5) is 12.2. The summed E-state index contributed by atoms with van der Waals surface area (Å²) in [5.41, 5.74) is 0.371. The van der Waals surface area contributed by atoms with Crippen molar-refractivity contribution in [3.63, 3.8) is 0 Å². The lowest BCUT2D eigenvalue weighted by Gasteiger charge is -2.39. The van der Waals surface area contributed by atoms with Crippen LogP contribution < -0.4 is 0 Å². The van der Waals surface area contributed by atoms with E-state index in [1.54, 1.807) is 0 Å². The van der Waals surface area contributed by atoms with Gasteiger partial charge >= 0.3 is 5.97 Å². The third kappa shape index (κ3) is 1.90. The maximum Gasteiger partial charge on any atom is 0.321 e. The molecule has 0 aromatic heterocycles. The molecule has 0 aliphatic carbocycles. The number of benzene rings is 2. The first-order chi connectivity index (χ1) is 9.26. The third-order valence-corrected chi connectivity index (χ3v) is 3.67. The molecular formula is C16H16O3. The Morgan fingerprint density at radius 2 is 1.95 bits per heavy atom. The molecule has 0 bridgehead atoms. The minimum absolute atomic E-state index is 0.184. The zero-order chi connectivity index (χ0) is 13.3. The maximum absolute atomic E-state index is 12.2. The van der Waals surface area contributed by atoms with Crippen molar-refractivity contribution in [1.82, 2.24) is 0 Å². The van der Waals surface area contributed by atoms with Gasteiger partial charge in [0.25, 0.3) is 0 Å². The summed E-state index contributed by atoms with van der Waals surface area (Å²) < 4.78 is 10.5. The van der Waals surface area contributed by atoms with Crippen molar-refractivity contribution in [3.8, 4) is 0 Å². The maximum atomic E-state index is 12.2. The van der Waals surface area contributed by atoms with Gasteiger partial charge in [-0.2, -0.15) is 0 Å². The summed E-state index contributed by atoms with van der Waals surface area (Å²) in [5, 5.41) is 2.31. The number of rotatable bonds is 3. The number of ether oxygens (including phenoxy) is 2. The molecule has 3 nitrogen and oxygen atoms in total. The monoisotopic (exact) mass is 256 g/mol. The Hall–Kier alpha value is -1.87. The van der Waals surface area contributed by atoms with Crippen LogP contribution in [-0.4, -0.2) is 25.8 Å². The topological polar surface area (TPSA) is 35.5 Å². The van der Waals surface area contributed by atoms with Crippen molar-refractivity contribution in [2.45, 2.75) is 12.3 Å². The van der Waals surface area contributed by atoms with E-state index in [9.17, 15) is 4.79 Å². The van der Waals surface area contributed by atoms with Gasteiger partial charge in [0.2, 0.25) is 0 Å². The fourth-order valence-electron chi connectivity index (χ4n) is 2.46. The summed E-state index contributed by atoms with van der Waals surface area (Å²) in [5.74, 6) is -0.184. The van der Waals surface area contributed by atoms with Crippen molar-refractivity contribution in [2.24, 2.45) is 0 Å². The molecule has 1 saturated heterocycles. The minimum Gasteiger partial charge on any atom is -0.465 e. The molecule has 1 heterocycles. The molecule has 3 heteroatoms. The largest absolute Gasteiger partial charge is 0.465 e.